The van der Waals surface area contributed by atoms with Crippen LogP contribution in [0, 0.1) is 5.92 Å². The topological polar surface area (TPSA) is 41.6 Å². The number of hydrogen-bond donors (Lipinski definition) is 1. The number of ether oxygens (including phenoxy) is 1. The Bertz CT molecular complexity index is 499. The van der Waals surface area contributed by atoms with Crippen molar-refractivity contribution in [3.63, 3.8) is 0 Å². The molecule has 2 saturated heterocycles. The summed E-state index contributed by atoms with van der Waals surface area (Å²) < 4.78 is 5.67. The highest BCUT2D eigenvalue weighted by Crippen LogP contribution is 2.32. The fraction of sp³-hybridized carbons (Fsp3) is 0.632. The fourth-order valence-corrected chi connectivity index (χ4v) is 3.84. The molecule has 2 aliphatic rings. The molecule has 2 heterocycles. The van der Waals surface area contributed by atoms with Gasteiger partial charge in [0, 0.05) is 32.1 Å². The third-order valence-corrected chi connectivity index (χ3v) is 5.14. The molecule has 2 atom stereocenters. The summed E-state index contributed by atoms with van der Waals surface area (Å²) >= 11 is 0. The average Bonchev–Trinajstić information content (AvgIpc) is 2.91. The van der Waals surface area contributed by atoms with Crippen molar-refractivity contribution < 1.29 is 9.53 Å². The highest BCUT2D eigenvalue weighted by atomic mass is 35.5. The Morgan fingerprint density at radius 3 is 2.54 bits per heavy atom. The molecule has 134 valence electrons. The zero-order valence-electron chi connectivity index (χ0n) is 14.4. The predicted octanol–water partition coefficient (Wildman–Crippen LogP) is 3.00. The predicted molar refractivity (Wildman–Crippen MR) is 98.3 cm³/mol. The molecule has 0 aliphatic carbocycles. The number of rotatable bonds is 7. The summed E-state index contributed by atoms with van der Waals surface area (Å²) in [6, 6.07) is 11.5. The molecule has 1 aromatic carbocycles. The van der Waals surface area contributed by atoms with Crippen molar-refractivity contribution in [2.75, 3.05) is 20.2 Å². The smallest absolute Gasteiger partial charge is 0.222 e. The summed E-state index contributed by atoms with van der Waals surface area (Å²) in [6.45, 7) is 1.87. The van der Waals surface area contributed by atoms with E-state index in [1.807, 2.05) is 30.1 Å². The molecule has 2 aliphatic heterocycles. The van der Waals surface area contributed by atoms with Crippen LogP contribution in [-0.4, -0.2) is 43.1 Å². The molecule has 5 heteroatoms. The lowest BCUT2D eigenvalue weighted by atomic mass is 9.89. The summed E-state index contributed by atoms with van der Waals surface area (Å²) in [6.07, 6.45) is 5.61. The number of carbonyl (C=O) groups is 1. The molecule has 3 rings (SSSR count). The number of halogens is 1. The Morgan fingerprint density at radius 1 is 1.21 bits per heavy atom. The molecule has 2 unspecified atom stereocenters. The van der Waals surface area contributed by atoms with Crippen LogP contribution < -0.4 is 5.32 Å². The molecule has 0 spiro atoms. The van der Waals surface area contributed by atoms with E-state index in [-0.39, 0.29) is 18.3 Å². The zero-order valence-corrected chi connectivity index (χ0v) is 15.3. The number of piperidine rings is 1. The molecule has 1 N–H and O–H groups in total. The van der Waals surface area contributed by atoms with Crippen molar-refractivity contribution in [1.82, 2.24) is 10.2 Å². The van der Waals surface area contributed by atoms with Crippen molar-refractivity contribution in [2.45, 2.75) is 50.8 Å². The van der Waals surface area contributed by atoms with Crippen molar-refractivity contribution in [2.24, 2.45) is 5.92 Å². The summed E-state index contributed by atoms with van der Waals surface area (Å²) in [5.41, 5.74) is 1.17. The van der Waals surface area contributed by atoms with Gasteiger partial charge in [0.25, 0.3) is 0 Å². The van der Waals surface area contributed by atoms with Crippen molar-refractivity contribution in [1.29, 1.82) is 0 Å². The zero-order chi connectivity index (χ0) is 16.1. The minimum atomic E-state index is 0. The quantitative estimate of drug-likeness (QED) is 0.767. The number of nitrogens with one attached hydrogen (secondary N) is 1. The normalized spacial score (nSPS) is 25.1. The van der Waals surface area contributed by atoms with E-state index in [2.05, 4.69) is 17.4 Å². The van der Waals surface area contributed by atoms with Gasteiger partial charge in [0.05, 0.1) is 13.2 Å². The van der Waals surface area contributed by atoms with Gasteiger partial charge in [-0.1, -0.05) is 30.3 Å². The second-order valence-electron chi connectivity index (χ2n) is 7.03. The van der Waals surface area contributed by atoms with Crippen LogP contribution in [0.4, 0.5) is 0 Å². The summed E-state index contributed by atoms with van der Waals surface area (Å²) in [5, 5.41) is 3.64. The van der Waals surface area contributed by atoms with Gasteiger partial charge in [-0.05, 0) is 37.2 Å². The van der Waals surface area contributed by atoms with E-state index in [1.165, 1.54) is 31.2 Å². The molecule has 1 aromatic rings. The number of carbonyl (C=O) groups excluding carboxylic acids is 1. The van der Waals surface area contributed by atoms with Crippen LogP contribution in [0.1, 0.15) is 37.7 Å². The molecule has 24 heavy (non-hydrogen) atoms. The van der Waals surface area contributed by atoms with Gasteiger partial charge in [0.1, 0.15) is 0 Å². The maximum Gasteiger partial charge on any atom is 0.222 e. The number of fused-ring (bicyclic) bond motifs is 2. The van der Waals surface area contributed by atoms with Crippen LogP contribution in [0.25, 0.3) is 0 Å². The van der Waals surface area contributed by atoms with Gasteiger partial charge in [-0.2, -0.15) is 0 Å². The Hall–Kier alpha value is -1.10. The van der Waals surface area contributed by atoms with Gasteiger partial charge >= 0.3 is 0 Å². The second-order valence-corrected chi connectivity index (χ2v) is 7.03. The van der Waals surface area contributed by atoms with Crippen molar-refractivity contribution >= 4 is 18.3 Å². The Morgan fingerprint density at radius 2 is 1.88 bits per heavy atom. The SMILES string of the molecule is CN(CCOCc1ccccc1)C(=O)CC1CC2CCC(C1)N2.Cl. The lowest BCUT2D eigenvalue weighted by Gasteiger charge is -2.30. The van der Waals surface area contributed by atoms with Gasteiger partial charge in [-0.15, -0.1) is 12.4 Å². The molecule has 2 fully saturated rings. The van der Waals surface area contributed by atoms with Crippen LogP contribution in [-0.2, 0) is 16.1 Å². The minimum absolute atomic E-state index is 0. The van der Waals surface area contributed by atoms with E-state index >= 15 is 0 Å². The van der Waals surface area contributed by atoms with Crippen LogP contribution in [0.2, 0.25) is 0 Å². The largest absolute Gasteiger partial charge is 0.375 e. The standard InChI is InChI=1S/C19H28N2O2.ClH/c1-21(9-10-23-14-15-5-3-2-4-6-15)19(22)13-16-11-17-7-8-18(12-16)20-17;/h2-6,16-18,20H,7-14H2,1H3;1H. The lowest BCUT2D eigenvalue weighted by Crippen LogP contribution is -2.40. The fourth-order valence-electron chi connectivity index (χ4n) is 3.84. The molecule has 0 aromatic heterocycles. The summed E-state index contributed by atoms with van der Waals surface area (Å²) in [5.74, 6) is 0.827. The first-order valence-corrected chi connectivity index (χ1v) is 8.82. The van der Waals surface area contributed by atoms with Gasteiger partial charge in [-0.3, -0.25) is 4.79 Å². The number of benzene rings is 1. The van der Waals surface area contributed by atoms with E-state index in [0.29, 0.717) is 44.2 Å². The third kappa shape index (κ3) is 5.47. The minimum Gasteiger partial charge on any atom is -0.375 e. The van der Waals surface area contributed by atoms with Crippen LogP contribution >= 0.6 is 12.4 Å². The first-order valence-electron chi connectivity index (χ1n) is 8.82. The molecule has 1 amide bonds. The van der Waals surface area contributed by atoms with E-state index in [1.54, 1.807) is 0 Å². The number of amides is 1. The first kappa shape index (κ1) is 19.2. The Balaban J connectivity index is 0.00000208. The van der Waals surface area contributed by atoms with Crippen LogP contribution in [0.15, 0.2) is 30.3 Å². The van der Waals surface area contributed by atoms with Crippen molar-refractivity contribution in [3.8, 4) is 0 Å². The van der Waals surface area contributed by atoms with E-state index in [4.69, 9.17) is 4.74 Å². The van der Waals surface area contributed by atoms with Gasteiger partial charge < -0.3 is 15.0 Å². The molecular weight excluding hydrogens is 324 g/mol. The lowest BCUT2D eigenvalue weighted by molar-refractivity contribution is -0.131. The van der Waals surface area contributed by atoms with Crippen LogP contribution in [0.5, 0.6) is 0 Å². The molecule has 0 saturated carbocycles. The van der Waals surface area contributed by atoms with Crippen molar-refractivity contribution in [3.05, 3.63) is 35.9 Å². The van der Waals surface area contributed by atoms with Gasteiger partial charge in [-0.25, -0.2) is 0 Å². The van der Waals surface area contributed by atoms with E-state index in [9.17, 15) is 4.79 Å². The third-order valence-electron chi connectivity index (χ3n) is 5.14. The molecule has 2 bridgehead atoms. The first-order chi connectivity index (χ1) is 11.2. The van der Waals surface area contributed by atoms with Gasteiger partial charge in [0.2, 0.25) is 5.91 Å². The number of likely N-dealkylation sites (N-methyl/N-ethyl adjacent to an activating group) is 1. The van der Waals surface area contributed by atoms with Crippen LogP contribution in [0.3, 0.4) is 0 Å². The highest BCUT2D eigenvalue weighted by molar-refractivity contribution is 5.85. The number of nitrogens with zero attached hydrogens (tertiary/aromatic N) is 1. The maximum atomic E-state index is 12.4. The maximum absolute atomic E-state index is 12.4. The Labute approximate surface area is 151 Å². The highest BCUT2D eigenvalue weighted by Gasteiger charge is 2.34. The average molecular weight is 353 g/mol. The summed E-state index contributed by atoms with van der Waals surface area (Å²) in [7, 11) is 1.89. The monoisotopic (exact) mass is 352 g/mol. The molecule has 4 nitrogen and oxygen atoms in total. The molecule has 0 radical (unpaired) electrons. The van der Waals surface area contributed by atoms with E-state index in [0.717, 1.165) is 0 Å². The molecular formula is C19H29ClN2O2. The Kier molecular flexibility index (Phi) is 7.53. The summed E-state index contributed by atoms with van der Waals surface area (Å²) in [4.78, 5) is 14.2. The van der Waals surface area contributed by atoms with E-state index < -0.39 is 0 Å². The number of hydrogen-bond acceptors (Lipinski definition) is 3. The second kappa shape index (κ2) is 9.40. The van der Waals surface area contributed by atoms with Gasteiger partial charge in [0.15, 0.2) is 0 Å².